The van der Waals surface area contributed by atoms with Crippen molar-refractivity contribution < 1.29 is 48.1 Å². The van der Waals surface area contributed by atoms with E-state index < -0.39 is 44.4 Å². The predicted octanol–water partition coefficient (Wildman–Crippen LogP) is 6.50. The maximum absolute atomic E-state index is 14.7. The Kier molecular flexibility index (Phi) is 8.19. The number of carbonyl (C=O) groups is 1. The monoisotopic (exact) mass is 660 g/mol. The highest BCUT2D eigenvalue weighted by Gasteiger charge is 2.49. The van der Waals surface area contributed by atoms with E-state index >= 15 is 0 Å². The van der Waals surface area contributed by atoms with Crippen LogP contribution in [0.4, 0.5) is 23.2 Å². The van der Waals surface area contributed by atoms with Gasteiger partial charge in [0.15, 0.2) is 11.6 Å². The van der Waals surface area contributed by atoms with Gasteiger partial charge in [-0.2, -0.15) is 21.6 Å². The molecule has 0 spiro atoms. The molecule has 228 valence electrons. The second-order valence-corrected chi connectivity index (χ2v) is 12.5. The van der Waals surface area contributed by atoms with Crippen LogP contribution in [0.3, 0.4) is 0 Å². The molecule has 1 aliphatic rings. The minimum absolute atomic E-state index is 0.0693. The largest absolute Gasteiger partial charge is 0.534 e. The quantitative estimate of drug-likeness (QED) is 0.0908. The average molecular weight is 661 g/mol. The van der Waals surface area contributed by atoms with Crippen LogP contribution in [0.25, 0.3) is 22.3 Å². The standard InChI is InChI=1S/C27H21ClF4N2O7S2/c1-33-26(35)24-20-12-19(14-2-3-14)16(10-23(20)40-25(24)15-4-6-17(28)7-5-15)13-34(42(36)37)18-8-9-22(21(29)11-18)41-43(38,39)27(30,31)32/h4-12,14H,2-3,13H2,1H3,(H,33,35)(H,36,37). The minimum Gasteiger partial charge on any atom is -0.455 e. The molecule has 0 radical (unpaired) electrons. The van der Waals surface area contributed by atoms with Gasteiger partial charge in [0.1, 0.15) is 11.3 Å². The van der Waals surface area contributed by atoms with E-state index in [0.29, 0.717) is 39.3 Å². The van der Waals surface area contributed by atoms with Crippen LogP contribution < -0.4 is 13.8 Å². The zero-order valence-corrected chi connectivity index (χ0v) is 24.3. The fraction of sp³-hybridized carbons (Fsp3) is 0.222. The molecule has 3 aromatic carbocycles. The SMILES string of the molecule is CNC(=O)c1c(-c2ccc(Cl)cc2)oc2cc(CN(c3ccc(OS(=O)(=O)C(F)(F)F)c(F)c3)S(=O)O)c(C3CC3)cc12. The molecule has 9 nitrogen and oxygen atoms in total. The molecular weight excluding hydrogens is 640 g/mol. The van der Waals surface area contributed by atoms with Crippen molar-refractivity contribution in [3.63, 3.8) is 0 Å². The first-order valence-electron chi connectivity index (χ1n) is 12.5. The number of nitrogens with zero attached hydrogens (tertiary/aromatic N) is 1. The van der Waals surface area contributed by atoms with Crippen molar-refractivity contribution in [2.75, 3.05) is 11.4 Å². The molecule has 0 saturated heterocycles. The van der Waals surface area contributed by atoms with Gasteiger partial charge in [-0.3, -0.25) is 13.7 Å². The molecule has 1 fully saturated rings. The highest BCUT2D eigenvalue weighted by molar-refractivity contribution is 7.88. The van der Waals surface area contributed by atoms with Gasteiger partial charge in [-0.15, -0.1) is 0 Å². The molecule has 5 rings (SSSR count). The van der Waals surface area contributed by atoms with Gasteiger partial charge < -0.3 is 13.9 Å². The first-order chi connectivity index (χ1) is 20.2. The van der Waals surface area contributed by atoms with Gasteiger partial charge in [0.05, 0.1) is 17.8 Å². The van der Waals surface area contributed by atoms with Crippen LogP contribution in [-0.4, -0.2) is 35.6 Å². The summed E-state index contributed by atoms with van der Waals surface area (Å²) in [6.07, 6.45) is 1.62. The van der Waals surface area contributed by atoms with Crippen molar-refractivity contribution in [1.29, 1.82) is 0 Å². The van der Waals surface area contributed by atoms with Crippen LogP contribution in [-0.2, 0) is 27.9 Å². The van der Waals surface area contributed by atoms with Crippen molar-refractivity contribution in [2.45, 2.75) is 30.8 Å². The van der Waals surface area contributed by atoms with E-state index in [-0.39, 0.29) is 29.5 Å². The molecule has 2 N–H and O–H groups in total. The van der Waals surface area contributed by atoms with Gasteiger partial charge in [0.2, 0.25) is 0 Å². The third kappa shape index (κ3) is 6.20. The third-order valence-corrected chi connectivity index (χ3v) is 8.65. The number of hydrogen-bond donors (Lipinski definition) is 2. The van der Waals surface area contributed by atoms with Crippen LogP contribution in [0, 0.1) is 5.82 Å². The van der Waals surface area contributed by atoms with E-state index in [9.17, 15) is 39.5 Å². The molecular formula is C27H21ClF4N2O7S2. The molecule has 0 aliphatic heterocycles. The summed E-state index contributed by atoms with van der Waals surface area (Å²) in [5.74, 6) is -2.80. The molecule has 1 unspecified atom stereocenters. The first-order valence-corrected chi connectivity index (χ1v) is 15.3. The van der Waals surface area contributed by atoms with Crippen LogP contribution in [0.1, 0.15) is 40.2 Å². The van der Waals surface area contributed by atoms with Gasteiger partial charge in [-0.05, 0) is 78.4 Å². The molecule has 43 heavy (non-hydrogen) atoms. The molecule has 1 aliphatic carbocycles. The van der Waals surface area contributed by atoms with Crippen LogP contribution in [0.15, 0.2) is 59.0 Å². The number of halogens is 5. The van der Waals surface area contributed by atoms with Crippen molar-refractivity contribution in [3.05, 3.63) is 82.1 Å². The van der Waals surface area contributed by atoms with E-state index in [4.69, 9.17) is 16.0 Å². The summed E-state index contributed by atoms with van der Waals surface area (Å²) in [5.41, 5.74) is -3.61. The molecule has 1 aromatic heterocycles. The summed E-state index contributed by atoms with van der Waals surface area (Å²) >= 11 is 3.26. The van der Waals surface area contributed by atoms with E-state index in [1.54, 1.807) is 36.4 Å². The average Bonchev–Trinajstić information content (AvgIpc) is 3.72. The zero-order valence-electron chi connectivity index (χ0n) is 21.9. The van der Waals surface area contributed by atoms with Crippen molar-refractivity contribution in [1.82, 2.24) is 5.32 Å². The Balaban J connectivity index is 1.56. The lowest BCUT2D eigenvalue weighted by molar-refractivity contribution is -0.0500. The number of hydrogen-bond acceptors (Lipinski definition) is 6. The van der Waals surface area contributed by atoms with E-state index in [2.05, 4.69) is 9.50 Å². The lowest BCUT2D eigenvalue weighted by Crippen LogP contribution is -2.28. The van der Waals surface area contributed by atoms with Gasteiger partial charge in [0, 0.05) is 29.1 Å². The number of carbonyl (C=O) groups excluding carboxylic acids is 1. The second-order valence-electron chi connectivity index (χ2n) is 9.58. The van der Waals surface area contributed by atoms with Crippen LogP contribution in [0.2, 0.25) is 5.02 Å². The normalized spacial score (nSPS) is 14.5. The number of fused-ring (bicyclic) bond motifs is 1. The molecule has 1 amide bonds. The maximum Gasteiger partial charge on any atom is 0.534 e. The Bertz CT molecular complexity index is 1860. The molecule has 1 atom stereocenters. The Morgan fingerprint density at radius 1 is 1.16 bits per heavy atom. The second kappa shape index (κ2) is 11.4. The number of anilines is 1. The number of benzene rings is 3. The lowest BCUT2D eigenvalue weighted by Gasteiger charge is -2.22. The Labute approximate surface area is 249 Å². The molecule has 4 aromatic rings. The number of nitrogens with one attached hydrogen (secondary N) is 1. The minimum atomic E-state index is -6.14. The fourth-order valence-electron chi connectivity index (χ4n) is 4.54. The third-order valence-electron chi connectivity index (χ3n) is 6.72. The zero-order chi connectivity index (χ0) is 31.3. The van der Waals surface area contributed by atoms with Gasteiger partial charge in [-0.1, -0.05) is 11.6 Å². The van der Waals surface area contributed by atoms with Crippen LogP contribution >= 0.6 is 11.6 Å². The van der Waals surface area contributed by atoms with E-state index in [0.717, 1.165) is 28.8 Å². The topological polar surface area (TPSA) is 126 Å². The number of rotatable bonds is 9. The Hall–Kier alpha value is -3.66. The maximum atomic E-state index is 14.7. The number of amides is 1. The lowest BCUT2D eigenvalue weighted by atomic mass is 9.97. The van der Waals surface area contributed by atoms with Crippen molar-refractivity contribution in [3.8, 4) is 17.1 Å². The highest BCUT2D eigenvalue weighted by atomic mass is 35.5. The molecule has 1 saturated carbocycles. The smallest absolute Gasteiger partial charge is 0.455 e. The summed E-state index contributed by atoms with van der Waals surface area (Å²) in [6, 6.07) is 12.2. The Morgan fingerprint density at radius 2 is 1.84 bits per heavy atom. The highest BCUT2D eigenvalue weighted by Crippen LogP contribution is 2.45. The Morgan fingerprint density at radius 3 is 2.40 bits per heavy atom. The molecule has 0 bridgehead atoms. The van der Waals surface area contributed by atoms with Crippen molar-refractivity contribution >= 4 is 55.5 Å². The van der Waals surface area contributed by atoms with Gasteiger partial charge in [0.25, 0.3) is 17.2 Å². The van der Waals surface area contributed by atoms with Crippen molar-refractivity contribution in [2.24, 2.45) is 0 Å². The van der Waals surface area contributed by atoms with Crippen LogP contribution in [0.5, 0.6) is 5.75 Å². The van der Waals surface area contributed by atoms with E-state index in [1.807, 2.05) is 0 Å². The van der Waals surface area contributed by atoms with E-state index in [1.165, 1.54) is 7.05 Å². The molecule has 1 heterocycles. The number of furan rings is 1. The summed E-state index contributed by atoms with van der Waals surface area (Å²) in [5, 5.41) is 3.59. The predicted molar refractivity (Wildman–Crippen MR) is 151 cm³/mol. The number of alkyl halides is 3. The van der Waals surface area contributed by atoms with Gasteiger partial charge in [-0.25, -0.2) is 8.60 Å². The summed E-state index contributed by atoms with van der Waals surface area (Å²) < 4.78 is 109. The summed E-state index contributed by atoms with van der Waals surface area (Å²) in [6.45, 7) is -0.280. The summed E-state index contributed by atoms with van der Waals surface area (Å²) in [7, 11) is -4.66. The molecule has 16 heteroatoms. The fourth-order valence-corrected chi connectivity index (χ4v) is 5.67. The summed E-state index contributed by atoms with van der Waals surface area (Å²) in [4.78, 5) is 13.0. The van der Waals surface area contributed by atoms with Gasteiger partial charge >= 0.3 is 15.6 Å². The first kappa shape index (κ1) is 30.8.